The van der Waals surface area contributed by atoms with Crippen molar-refractivity contribution in [1.82, 2.24) is 9.88 Å². The monoisotopic (exact) mass is 348 g/mol. The molecule has 0 spiro atoms. The standard InChI is InChI=1S/C17H24N4O2S/c1-3-5-10-8-12(23-9-11-6-4-7-21(11)2)20-17-13(10)14(18)15(24-17)16(19)22/h8,11H,3-7,9,18H2,1-2H3,(H2,19,22)/t11-/m0/s1. The average molecular weight is 348 g/mol. The summed E-state index contributed by atoms with van der Waals surface area (Å²) in [6.07, 6.45) is 4.20. The third-order valence-corrected chi connectivity index (χ3v) is 5.71. The number of ether oxygens (including phenoxy) is 1. The fourth-order valence-corrected chi connectivity index (χ4v) is 4.25. The number of pyridine rings is 1. The number of nitrogen functional groups attached to an aromatic ring is 1. The van der Waals surface area contributed by atoms with Gasteiger partial charge in [-0.3, -0.25) is 4.79 Å². The van der Waals surface area contributed by atoms with E-state index < -0.39 is 5.91 Å². The number of thiophene rings is 1. The summed E-state index contributed by atoms with van der Waals surface area (Å²) >= 11 is 1.24. The number of amides is 1. The summed E-state index contributed by atoms with van der Waals surface area (Å²) in [6, 6.07) is 2.39. The van der Waals surface area contributed by atoms with Crippen molar-refractivity contribution in [2.75, 3.05) is 25.9 Å². The quantitative estimate of drug-likeness (QED) is 0.836. The van der Waals surface area contributed by atoms with Crippen LogP contribution in [0.2, 0.25) is 0 Å². The Bertz CT molecular complexity index is 759. The summed E-state index contributed by atoms with van der Waals surface area (Å²) in [5, 5.41) is 0.848. The van der Waals surface area contributed by atoms with Crippen LogP contribution in [0.5, 0.6) is 5.88 Å². The van der Waals surface area contributed by atoms with Gasteiger partial charge in [0.25, 0.3) is 5.91 Å². The minimum absolute atomic E-state index is 0.377. The number of carbonyl (C=O) groups excluding carboxylic acids is 1. The van der Waals surface area contributed by atoms with Crippen LogP contribution in [0.25, 0.3) is 10.2 Å². The lowest BCUT2D eigenvalue weighted by Crippen LogP contribution is -2.30. The second-order valence-corrected chi connectivity index (χ2v) is 7.35. The van der Waals surface area contributed by atoms with Crippen molar-refractivity contribution in [3.63, 3.8) is 0 Å². The van der Waals surface area contributed by atoms with E-state index in [1.165, 1.54) is 17.8 Å². The van der Waals surface area contributed by atoms with Crippen LogP contribution >= 0.6 is 11.3 Å². The first kappa shape index (κ1) is 17.0. The SMILES string of the molecule is CCCc1cc(OC[C@@H]2CCCN2C)nc2sc(C(N)=O)c(N)c12. The number of likely N-dealkylation sites (N-methyl/N-ethyl adjacent to an activating group) is 1. The Labute approximate surface area is 145 Å². The summed E-state index contributed by atoms with van der Waals surface area (Å²) in [5.41, 5.74) is 13.1. The van der Waals surface area contributed by atoms with E-state index >= 15 is 0 Å². The molecule has 1 aliphatic rings. The van der Waals surface area contributed by atoms with Crippen molar-refractivity contribution in [1.29, 1.82) is 0 Å². The zero-order valence-corrected chi connectivity index (χ0v) is 15.0. The van der Waals surface area contributed by atoms with Gasteiger partial charge in [0.15, 0.2) is 0 Å². The number of aromatic nitrogens is 1. The fourth-order valence-electron chi connectivity index (χ4n) is 3.27. The lowest BCUT2D eigenvalue weighted by molar-refractivity contribution is 0.100. The molecule has 0 bridgehead atoms. The van der Waals surface area contributed by atoms with Crippen molar-refractivity contribution < 1.29 is 9.53 Å². The zero-order chi connectivity index (χ0) is 17.3. The van der Waals surface area contributed by atoms with Crippen LogP contribution in [0, 0.1) is 0 Å². The molecule has 3 rings (SSSR count). The number of fused-ring (bicyclic) bond motifs is 1. The van der Waals surface area contributed by atoms with Gasteiger partial charge >= 0.3 is 0 Å². The lowest BCUT2D eigenvalue weighted by Gasteiger charge is -2.19. The molecule has 130 valence electrons. The Morgan fingerprint density at radius 3 is 2.96 bits per heavy atom. The Morgan fingerprint density at radius 1 is 1.54 bits per heavy atom. The third kappa shape index (κ3) is 3.18. The first-order valence-corrected chi connectivity index (χ1v) is 9.17. The molecule has 1 saturated heterocycles. The molecule has 0 aromatic carbocycles. The molecule has 0 radical (unpaired) electrons. The molecule has 4 N–H and O–H groups in total. The topological polar surface area (TPSA) is 94.5 Å². The van der Waals surface area contributed by atoms with Gasteiger partial charge in [-0.1, -0.05) is 13.3 Å². The molecule has 6 nitrogen and oxygen atoms in total. The molecule has 3 heterocycles. The van der Waals surface area contributed by atoms with Crippen LogP contribution in [0.3, 0.4) is 0 Å². The Morgan fingerprint density at radius 2 is 2.33 bits per heavy atom. The van der Waals surface area contributed by atoms with Gasteiger partial charge in [-0.05, 0) is 38.4 Å². The van der Waals surface area contributed by atoms with Gasteiger partial charge < -0.3 is 21.1 Å². The number of likely N-dealkylation sites (tertiary alicyclic amines) is 1. The molecule has 1 atom stereocenters. The zero-order valence-electron chi connectivity index (χ0n) is 14.2. The van der Waals surface area contributed by atoms with Crippen molar-refractivity contribution >= 4 is 33.1 Å². The molecule has 1 amide bonds. The Balaban J connectivity index is 1.92. The van der Waals surface area contributed by atoms with Gasteiger partial charge in [0.2, 0.25) is 5.88 Å². The molecular weight excluding hydrogens is 324 g/mol. The normalized spacial score (nSPS) is 18.3. The minimum atomic E-state index is -0.506. The highest BCUT2D eigenvalue weighted by atomic mass is 32.1. The maximum Gasteiger partial charge on any atom is 0.260 e. The molecular formula is C17H24N4O2S. The van der Waals surface area contributed by atoms with Crippen LogP contribution in [0.1, 0.15) is 41.4 Å². The number of primary amides is 1. The number of nitrogens with zero attached hydrogens (tertiary/aromatic N) is 2. The number of hydrogen-bond donors (Lipinski definition) is 2. The van der Waals surface area contributed by atoms with Crippen LogP contribution in [0.4, 0.5) is 5.69 Å². The first-order valence-electron chi connectivity index (χ1n) is 8.36. The van der Waals surface area contributed by atoms with E-state index in [9.17, 15) is 4.79 Å². The molecule has 0 unspecified atom stereocenters. The predicted octanol–water partition coefficient (Wildman–Crippen LogP) is 2.40. The van der Waals surface area contributed by atoms with E-state index in [0.29, 0.717) is 29.1 Å². The van der Waals surface area contributed by atoms with E-state index in [1.54, 1.807) is 0 Å². The fraction of sp³-hybridized carbons (Fsp3) is 0.529. The molecule has 24 heavy (non-hydrogen) atoms. The van der Waals surface area contributed by atoms with E-state index in [2.05, 4.69) is 23.9 Å². The van der Waals surface area contributed by atoms with E-state index in [4.69, 9.17) is 16.2 Å². The van der Waals surface area contributed by atoms with E-state index in [0.717, 1.165) is 41.6 Å². The predicted molar refractivity (Wildman–Crippen MR) is 97.7 cm³/mol. The molecule has 1 fully saturated rings. The maximum atomic E-state index is 11.6. The number of rotatable bonds is 6. The second kappa shape index (κ2) is 6.94. The van der Waals surface area contributed by atoms with Crippen LogP contribution in [-0.4, -0.2) is 42.0 Å². The van der Waals surface area contributed by atoms with E-state index in [-0.39, 0.29) is 0 Å². The summed E-state index contributed by atoms with van der Waals surface area (Å²) in [6.45, 7) is 3.85. The van der Waals surface area contributed by atoms with Gasteiger partial charge in [-0.15, -0.1) is 11.3 Å². The van der Waals surface area contributed by atoms with Crippen molar-refractivity contribution in [2.45, 2.75) is 38.6 Å². The molecule has 2 aromatic rings. The Hall–Kier alpha value is -1.86. The number of carbonyl (C=O) groups is 1. The van der Waals surface area contributed by atoms with Crippen molar-refractivity contribution in [3.8, 4) is 5.88 Å². The molecule has 1 aliphatic heterocycles. The molecule has 7 heteroatoms. The largest absolute Gasteiger partial charge is 0.476 e. The molecule has 0 saturated carbocycles. The van der Waals surface area contributed by atoms with Crippen molar-refractivity contribution in [2.24, 2.45) is 5.73 Å². The summed E-state index contributed by atoms with van der Waals surface area (Å²) in [5.74, 6) is 0.0940. The van der Waals surface area contributed by atoms with Crippen LogP contribution in [-0.2, 0) is 6.42 Å². The van der Waals surface area contributed by atoms with Gasteiger partial charge in [0, 0.05) is 17.5 Å². The summed E-state index contributed by atoms with van der Waals surface area (Å²) in [4.78, 5) is 19.5. The second-order valence-electron chi connectivity index (χ2n) is 6.35. The lowest BCUT2D eigenvalue weighted by atomic mass is 10.1. The summed E-state index contributed by atoms with van der Waals surface area (Å²) in [7, 11) is 2.12. The Kier molecular flexibility index (Phi) is 4.91. The first-order chi connectivity index (χ1) is 11.5. The number of nitrogens with two attached hydrogens (primary N) is 2. The highest BCUT2D eigenvalue weighted by Crippen LogP contribution is 2.37. The highest BCUT2D eigenvalue weighted by molar-refractivity contribution is 7.21. The molecule has 2 aromatic heterocycles. The average Bonchev–Trinajstić information content (AvgIpc) is 3.09. The van der Waals surface area contributed by atoms with Crippen LogP contribution in [0.15, 0.2) is 6.07 Å². The summed E-state index contributed by atoms with van der Waals surface area (Å²) < 4.78 is 5.96. The number of anilines is 1. The van der Waals surface area contributed by atoms with Crippen LogP contribution < -0.4 is 16.2 Å². The number of hydrogen-bond acceptors (Lipinski definition) is 6. The number of aryl methyl sites for hydroxylation is 1. The highest BCUT2D eigenvalue weighted by Gasteiger charge is 2.23. The van der Waals surface area contributed by atoms with E-state index in [1.807, 2.05) is 6.07 Å². The maximum absolute atomic E-state index is 11.6. The van der Waals surface area contributed by atoms with Gasteiger partial charge in [0.05, 0.1) is 5.69 Å². The van der Waals surface area contributed by atoms with Gasteiger partial charge in [-0.2, -0.15) is 0 Å². The van der Waals surface area contributed by atoms with Crippen molar-refractivity contribution in [3.05, 3.63) is 16.5 Å². The smallest absolute Gasteiger partial charge is 0.260 e. The third-order valence-electron chi connectivity index (χ3n) is 4.60. The minimum Gasteiger partial charge on any atom is -0.476 e. The van der Waals surface area contributed by atoms with Gasteiger partial charge in [0.1, 0.15) is 16.3 Å². The molecule has 0 aliphatic carbocycles. The van der Waals surface area contributed by atoms with Gasteiger partial charge in [-0.25, -0.2) is 4.98 Å².